The molecule has 0 aliphatic carbocycles. The summed E-state index contributed by atoms with van der Waals surface area (Å²) in [6, 6.07) is 6.90. The summed E-state index contributed by atoms with van der Waals surface area (Å²) in [4.78, 5) is 10.7. The van der Waals surface area contributed by atoms with Gasteiger partial charge >= 0.3 is 0 Å². The number of nitrogens with zero attached hydrogens (tertiary/aromatic N) is 5. The molecule has 3 heterocycles. The summed E-state index contributed by atoms with van der Waals surface area (Å²) in [6.45, 7) is 7.13. The van der Waals surface area contributed by atoms with Gasteiger partial charge in [0.15, 0.2) is 0 Å². The first-order chi connectivity index (χ1) is 15.3. The lowest BCUT2D eigenvalue weighted by atomic mass is 9.84. The number of hydrogen-bond donors (Lipinski definition) is 1. The number of aliphatic hydroxyl groups is 1. The van der Waals surface area contributed by atoms with E-state index >= 15 is 0 Å². The predicted molar refractivity (Wildman–Crippen MR) is 118 cm³/mol. The van der Waals surface area contributed by atoms with Crippen LogP contribution in [0, 0.1) is 25.5 Å². The minimum atomic E-state index is -1.64. The van der Waals surface area contributed by atoms with Crippen molar-refractivity contribution in [2.24, 2.45) is 0 Å². The number of halogens is 2. The van der Waals surface area contributed by atoms with E-state index in [-0.39, 0.29) is 12.1 Å². The zero-order valence-corrected chi connectivity index (χ0v) is 18.5. The summed E-state index contributed by atoms with van der Waals surface area (Å²) >= 11 is 0. The molecule has 2 atom stereocenters. The summed E-state index contributed by atoms with van der Waals surface area (Å²) in [7, 11) is 0. The lowest BCUT2D eigenvalue weighted by Crippen LogP contribution is -2.53. The largest absolute Gasteiger partial charge is 0.381 e. The molecule has 8 heteroatoms. The van der Waals surface area contributed by atoms with Crippen molar-refractivity contribution in [3.05, 3.63) is 83.2 Å². The van der Waals surface area contributed by atoms with Crippen LogP contribution in [0.3, 0.4) is 0 Å². The van der Waals surface area contributed by atoms with Gasteiger partial charge < -0.3 is 5.11 Å². The van der Waals surface area contributed by atoms with Gasteiger partial charge in [0.1, 0.15) is 29.9 Å². The van der Waals surface area contributed by atoms with Gasteiger partial charge in [0.25, 0.3) is 0 Å². The highest BCUT2D eigenvalue weighted by atomic mass is 19.1. The van der Waals surface area contributed by atoms with Crippen LogP contribution in [-0.4, -0.2) is 48.9 Å². The highest BCUT2D eigenvalue weighted by Gasteiger charge is 2.42. The highest BCUT2D eigenvalue weighted by molar-refractivity contribution is 5.64. The molecule has 4 rings (SSSR count). The Kier molecular flexibility index (Phi) is 6.17. The Hall–Kier alpha value is -2.97. The Balaban J connectivity index is 1.62. The van der Waals surface area contributed by atoms with Crippen LogP contribution in [0.5, 0.6) is 0 Å². The SMILES string of the molecule is Cc1ccc(C2=CCN([C@H](C)[C@](O)(Cn3cncn3)c3ccc(F)cc3F)CC2)nc1C. The summed E-state index contributed by atoms with van der Waals surface area (Å²) in [6.07, 6.45) is 5.69. The second kappa shape index (κ2) is 8.88. The normalized spacial score (nSPS) is 17.6. The highest BCUT2D eigenvalue weighted by Crippen LogP contribution is 2.34. The smallest absolute Gasteiger partial charge is 0.137 e. The van der Waals surface area contributed by atoms with Crippen molar-refractivity contribution >= 4 is 5.57 Å². The Bertz CT molecular complexity index is 1130. The molecule has 0 saturated heterocycles. The first-order valence-electron chi connectivity index (χ1n) is 10.7. The number of pyridine rings is 1. The zero-order valence-electron chi connectivity index (χ0n) is 18.5. The second-order valence-electron chi connectivity index (χ2n) is 8.39. The molecule has 32 heavy (non-hydrogen) atoms. The van der Waals surface area contributed by atoms with Gasteiger partial charge in [-0.2, -0.15) is 5.10 Å². The van der Waals surface area contributed by atoms with E-state index in [1.165, 1.54) is 23.4 Å². The number of aromatic nitrogens is 4. The van der Waals surface area contributed by atoms with E-state index in [9.17, 15) is 13.9 Å². The van der Waals surface area contributed by atoms with Crippen molar-refractivity contribution in [3.63, 3.8) is 0 Å². The van der Waals surface area contributed by atoms with Gasteiger partial charge in [-0.05, 0) is 50.5 Å². The monoisotopic (exact) mass is 439 g/mol. The van der Waals surface area contributed by atoms with Crippen molar-refractivity contribution in [3.8, 4) is 0 Å². The minimum absolute atomic E-state index is 0.0114. The van der Waals surface area contributed by atoms with Gasteiger partial charge in [-0.25, -0.2) is 18.4 Å². The van der Waals surface area contributed by atoms with Crippen LogP contribution in [0.2, 0.25) is 0 Å². The Morgan fingerprint density at radius 3 is 2.62 bits per heavy atom. The summed E-state index contributed by atoms with van der Waals surface area (Å²) in [5.74, 6) is -1.47. The van der Waals surface area contributed by atoms with Gasteiger partial charge in [0, 0.05) is 36.5 Å². The van der Waals surface area contributed by atoms with Crippen LogP contribution in [0.15, 0.2) is 49.1 Å². The van der Waals surface area contributed by atoms with Crippen LogP contribution in [0.4, 0.5) is 8.78 Å². The third-order valence-corrected chi connectivity index (χ3v) is 6.43. The number of benzene rings is 1. The molecule has 3 aromatic rings. The van der Waals surface area contributed by atoms with E-state index in [0.717, 1.165) is 41.1 Å². The van der Waals surface area contributed by atoms with E-state index in [1.54, 1.807) is 0 Å². The fourth-order valence-electron chi connectivity index (χ4n) is 4.23. The van der Waals surface area contributed by atoms with E-state index in [1.807, 2.05) is 26.8 Å². The molecule has 0 unspecified atom stereocenters. The molecule has 1 aromatic carbocycles. The molecule has 0 amide bonds. The molecule has 0 radical (unpaired) electrons. The van der Waals surface area contributed by atoms with E-state index in [2.05, 4.69) is 27.1 Å². The van der Waals surface area contributed by atoms with Crippen LogP contribution in [0.25, 0.3) is 5.57 Å². The average Bonchev–Trinajstić information content (AvgIpc) is 3.28. The molecular formula is C24H27F2N5O. The fourth-order valence-corrected chi connectivity index (χ4v) is 4.23. The van der Waals surface area contributed by atoms with Crippen molar-refractivity contribution in [2.45, 2.75) is 45.4 Å². The molecule has 2 aromatic heterocycles. The Morgan fingerprint density at radius 2 is 2.00 bits per heavy atom. The predicted octanol–water partition coefficient (Wildman–Crippen LogP) is 3.63. The zero-order chi connectivity index (χ0) is 22.9. The van der Waals surface area contributed by atoms with Crippen molar-refractivity contribution in [2.75, 3.05) is 13.1 Å². The van der Waals surface area contributed by atoms with Crippen molar-refractivity contribution in [1.29, 1.82) is 0 Å². The fraction of sp³-hybridized carbons (Fsp3) is 0.375. The second-order valence-corrected chi connectivity index (χ2v) is 8.39. The van der Waals surface area contributed by atoms with Gasteiger partial charge in [0.2, 0.25) is 0 Å². The van der Waals surface area contributed by atoms with Gasteiger partial charge in [-0.15, -0.1) is 0 Å². The molecule has 168 valence electrons. The van der Waals surface area contributed by atoms with Gasteiger partial charge in [0.05, 0.1) is 12.2 Å². The first kappa shape index (κ1) is 22.2. The van der Waals surface area contributed by atoms with Gasteiger partial charge in [-0.3, -0.25) is 9.88 Å². The maximum Gasteiger partial charge on any atom is 0.137 e. The topological polar surface area (TPSA) is 67.1 Å². The maximum atomic E-state index is 14.8. The van der Waals surface area contributed by atoms with Crippen LogP contribution in [0.1, 0.15) is 35.9 Å². The molecule has 0 fully saturated rings. The summed E-state index contributed by atoms with van der Waals surface area (Å²) < 4.78 is 29.8. The molecule has 1 aliphatic rings. The third kappa shape index (κ3) is 4.33. The maximum absolute atomic E-state index is 14.8. The molecular weight excluding hydrogens is 412 g/mol. The minimum Gasteiger partial charge on any atom is -0.381 e. The van der Waals surface area contributed by atoms with E-state index in [4.69, 9.17) is 4.98 Å². The quantitative estimate of drug-likeness (QED) is 0.635. The van der Waals surface area contributed by atoms with Crippen LogP contribution < -0.4 is 0 Å². The lowest BCUT2D eigenvalue weighted by Gasteiger charge is -2.42. The first-order valence-corrected chi connectivity index (χ1v) is 10.7. The van der Waals surface area contributed by atoms with Crippen molar-refractivity contribution in [1.82, 2.24) is 24.6 Å². The lowest BCUT2D eigenvalue weighted by molar-refractivity contribution is -0.0612. The molecule has 0 saturated carbocycles. The van der Waals surface area contributed by atoms with Crippen LogP contribution in [-0.2, 0) is 12.1 Å². The number of hydrogen-bond acceptors (Lipinski definition) is 5. The van der Waals surface area contributed by atoms with E-state index < -0.39 is 23.3 Å². The summed E-state index contributed by atoms with van der Waals surface area (Å²) in [5, 5.41) is 15.8. The number of rotatable bonds is 6. The molecule has 0 bridgehead atoms. The molecule has 1 aliphatic heterocycles. The Morgan fingerprint density at radius 1 is 1.19 bits per heavy atom. The van der Waals surface area contributed by atoms with Crippen molar-refractivity contribution < 1.29 is 13.9 Å². The Labute approximate surface area is 186 Å². The number of aryl methyl sites for hydroxylation is 2. The third-order valence-electron chi connectivity index (χ3n) is 6.43. The molecule has 0 spiro atoms. The summed E-state index contributed by atoms with van der Waals surface area (Å²) in [5.41, 5.74) is 2.67. The standard InChI is InChI=1S/C24H27F2N5O/c1-16-4-7-23(29-17(16)2)19-8-10-30(11-9-19)18(3)24(32,13-31-15-27-14-28-31)21-6-5-20(25)12-22(21)26/h4-8,12,14-15,18,32H,9-11,13H2,1-3H3/t18-,24-/m1/s1. The van der Waals surface area contributed by atoms with Gasteiger partial charge in [-0.1, -0.05) is 18.2 Å². The molecule has 6 nitrogen and oxygen atoms in total. The van der Waals surface area contributed by atoms with E-state index in [0.29, 0.717) is 13.1 Å². The molecule has 1 N–H and O–H groups in total. The average molecular weight is 440 g/mol. The van der Waals surface area contributed by atoms with Crippen LogP contribution >= 0.6 is 0 Å².